The second kappa shape index (κ2) is 9.75. The molecule has 2 N–H and O–H groups in total. The van der Waals surface area contributed by atoms with Crippen molar-refractivity contribution in [2.45, 2.75) is 4.90 Å². The predicted molar refractivity (Wildman–Crippen MR) is 113 cm³/mol. The number of hydrogen-bond donors (Lipinski definition) is 2. The molecule has 0 fully saturated rings. The molecule has 148 valence electrons. The number of nitrogens with one attached hydrogen (secondary N) is 2. The molecule has 0 unspecified atom stereocenters. The molecule has 0 saturated heterocycles. The molecule has 2 amide bonds. The Bertz CT molecular complexity index is 992. The quantitative estimate of drug-likeness (QED) is 0.548. The predicted octanol–water partition coefficient (Wildman–Crippen LogP) is 4.82. The molecule has 0 saturated carbocycles. The summed E-state index contributed by atoms with van der Waals surface area (Å²) in [6, 6.07) is 20.0. The number of amides is 2. The van der Waals surface area contributed by atoms with Gasteiger partial charge in [0.25, 0.3) is 5.91 Å². The first-order valence-electron chi connectivity index (χ1n) is 8.78. The largest absolute Gasteiger partial charge is 0.497 e. The van der Waals surface area contributed by atoms with Crippen LogP contribution in [0.15, 0.2) is 77.7 Å². The van der Waals surface area contributed by atoms with Crippen molar-refractivity contribution in [3.8, 4) is 5.75 Å². The summed E-state index contributed by atoms with van der Waals surface area (Å²) < 4.78 is 18.6. The molecule has 3 aromatic rings. The fraction of sp³-hybridized carbons (Fsp3) is 0.0909. The lowest BCUT2D eigenvalue weighted by molar-refractivity contribution is -0.113. The average molecular weight is 410 g/mol. The Morgan fingerprint density at radius 1 is 0.931 bits per heavy atom. The van der Waals surface area contributed by atoms with Crippen LogP contribution in [0.3, 0.4) is 0 Å². The molecule has 5 nitrogen and oxygen atoms in total. The van der Waals surface area contributed by atoms with E-state index < -0.39 is 5.82 Å². The van der Waals surface area contributed by atoms with E-state index in [1.165, 1.54) is 23.9 Å². The van der Waals surface area contributed by atoms with Gasteiger partial charge >= 0.3 is 0 Å². The molecule has 0 aromatic heterocycles. The Kier molecular flexibility index (Phi) is 6.86. The number of thioether (sulfide) groups is 1. The van der Waals surface area contributed by atoms with Crippen LogP contribution in [0.4, 0.5) is 15.8 Å². The van der Waals surface area contributed by atoms with Gasteiger partial charge in [-0.3, -0.25) is 9.59 Å². The van der Waals surface area contributed by atoms with Crippen molar-refractivity contribution in [3.63, 3.8) is 0 Å². The second-order valence-electron chi connectivity index (χ2n) is 6.02. The Morgan fingerprint density at radius 2 is 1.62 bits per heavy atom. The van der Waals surface area contributed by atoms with E-state index in [1.807, 2.05) is 12.1 Å². The van der Waals surface area contributed by atoms with Gasteiger partial charge in [-0.25, -0.2) is 4.39 Å². The third kappa shape index (κ3) is 5.83. The van der Waals surface area contributed by atoms with Gasteiger partial charge in [-0.2, -0.15) is 0 Å². The molecule has 0 heterocycles. The number of ether oxygens (including phenoxy) is 1. The van der Waals surface area contributed by atoms with E-state index in [1.54, 1.807) is 55.6 Å². The van der Waals surface area contributed by atoms with Gasteiger partial charge in [0.2, 0.25) is 5.91 Å². The summed E-state index contributed by atoms with van der Waals surface area (Å²) in [5.74, 6) is -0.162. The van der Waals surface area contributed by atoms with Crippen LogP contribution in [-0.2, 0) is 4.79 Å². The van der Waals surface area contributed by atoms with Gasteiger partial charge in [0.05, 0.1) is 18.6 Å². The monoisotopic (exact) mass is 410 g/mol. The van der Waals surface area contributed by atoms with E-state index in [9.17, 15) is 14.0 Å². The number of para-hydroxylation sites is 1. The molecule has 0 radical (unpaired) electrons. The van der Waals surface area contributed by atoms with Crippen LogP contribution in [0, 0.1) is 5.82 Å². The number of benzene rings is 3. The zero-order chi connectivity index (χ0) is 20.6. The maximum Gasteiger partial charge on any atom is 0.255 e. The number of halogens is 1. The summed E-state index contributed by atoms with van der Waals surface area (Å²) >= 11 is 1.32. The second-order valence-corrected chi connectivity index (χ2v) is 7.07. The number of carbonyl (C=O) groups is 2. The maximum absolute atomic E-state index is 13.6. The van der Waals surface area contributed by atoms with Gasteiger partial charge in [-0.15, -0.1) is 11.8 Å². The normalized spacial score (nSPS) is 10.3. The van der Waals surface area contributed by atoms with Crippen molar-refractivity contribution in [1.29, 1.82) is 0 Å². The molecule has 0 atom stereocenters. The molecule has 0 aliphatic heterocycles. The van der Waals surface area contributed by atoms with Crippen molar-refractivity contribution in [3.05, 3.63) is 84.2 Å². The van der Waals surface area contributed by atoms with E-state index in [0.717, 1.165) is 4.90 Å². The Hall–Kier alpha value is -3.32. The van der Waals surface area contributed by atoms with Crippen LogP contribution in [-0.4, -0.2) is 24.7 Å². The van der Waals surface area contributed by atoms with Gasteiger partial charge in [-0.1, -0.05) is 12.1 Å². The fourth-order valence-corrected chi connectivity index (χ4v) is 3.18. The van der Waals surface area contributed by atoms with Crippen molar-refractivity contribution >= 4 is 35.0 Å². The summed E-state index contributed by atoms with van der Waals surface area (Å²) in [7, 11) is 1.57. The summed E-state index contributed by atoms with van der Waals surface area (Å²) in [6.45, 7) is 0. The van der Waals surface area contributed by atoms with E-state index >= 15 is 0 Å². The third-order valence-corrected chi connectivity index (χ3v) is 4.99. The third-order valence-electron chi connectivity index (χ3n) is 3.98. The molecular formula is C22H19FN2O3S. The average Bonchev–Trinajstić information content (AvgIpc) is 2.75. The lowest BCUT2D eigenvalue weighted by Crippen LogP contribution is -2.15. The van der Waals surface area contributed by atoms with Gasteiger partial charge in [0, 0.05) is 16.1 Å². The first-order chi connectivity index (χ1) is 14.0. The Labute approximate surface area is 172 Å². The molecule has 0 aliphatic rings. The van der Waals surface area contributed by atoms with Crippen molar-refractivity contribution in [2.24, 2.45) is 0 Å². The first-order valence-corrected chi connectivity index (χ1v) is 9.76. The van der Waals surface area contributed by atoms with E-state index in [2.05, 4.69) is 10.6 Å². The molecule has 0 aliphatic carbocycles. The summed E-state index contributed by atoms with van der Waals surface area (Å²) in [5.41, 5.74) is 1.33. The smallest absolute Gasteiger partial charge is 0.255 e. The van der Waals surface area contributed by atoms with Gasteiger partial charge in [0.15, 0.2) is 0 Å². The lowest BCUT2D eigenvalue weighted by Gasteiger charge is -2.08. The molecule has 7 heteroatoms. The molecule has 0 bridgehead atoms. The summed E-state index contributed by atoms with van der Waals surface area (Å²) in [6.07, 6.45) is 0. The zero-order valence-corrected chi connectivity index (χ0v) is 16.5. The number of rotatable bonds is 7. The minimum absolute atomic E-state index is 0.145. The Morgan fingerprint density at radius 3 is 2.28 bits per heavy atom. The van der Waals surface area contributed by atoms with Crippen molar-refractivity contribution in [2.75, 3.05) is 23.5 Å². The number of hydrogen-bond acceptors (Lipinski definition) is 4. The highest BCUT2D eigenvalue weighted by Gasteiger charge is 2.08. The minimum atomic E-state index is -0.470. The van der Waals surface area contributed by atoms with Crippen LogP contribution < -0.4 is 15.4 Å². The van der Waals surface area contributed by atoms with Gasteiger partial charge < -0.3 is 15.4 Å². The van der Waals surface area contributed by atoms with Crippen LogP contribution in [0.1, 0.15) is 10.4 Å². The van der Waals surface area contributed by atoms with E-state index in [-0.39, 0.29) is 23.3 Å². The zero-order valence-electron chi connectivity index (χ0n) is 15.6. The van der Waals surface area contributed by atoms with Gasteiger partial charge in [0.1, 0.15) is 11.6 Å². The first kappa shape index (κ1) is 20.4. The summed E-state index contributed by atoms with van der Waals surface area (Å²) in [5, 5.41) is 5.36. The topological polar surface area (TPSA) is 67.4 Å². The standard InChI is InChI=1S/C22H19FN2O3S/c1-28-17-10-6-15(7-11-17)22(27)24-16-8-12-18(13-9-16)29-14-21(26)25-20-5-3-2-4-19(20)23/h2-13H,14H2,1H3,(H,24,27)(H,25,26). The SMILES string of the molecule is COc1ccc(C(=O)Nc2ccc(SCC(=O)Nc3ccccc3F)cc2)cc1. The van der Waals surface area contributed by atoms with Crippen LogP contribution >= 0.6 is 11.8 Å². The number of methoxy groups -OCH3 is 1. The summed E-state index contributed by atoms with van der Waals surface area (Å²) in [4.78, 5) is 25.1. The number of anilines is 2. The van der Waals surface area contributed by atoms with Crippen molar-refractivity contribution in [1.82, 2.24) is 0 Å². The fourth-order valence-electron chi connectivity index (χ4n) is 2.48. The van der Waals surface area contributed by atoms with Crippen LogP contribution in [0.2, 0.25) is 0 Å². The molecule has 29 heavy (non-hydrogen) atoms. The maximum atomic E-state index is 13.6. The molecule has 0 spiro atoms. The highest BCUT2D eigenvalue weighted by atomic mass is 32.2. The Balaban J connectivity index is 1.51. The minimum Gasteiger partial charge on any atom is -0.497 e. The number of carbonyl (C=O) groups excluding carboxylic acids is 2. The molecule has 3 rings (SSSR count). The van der Waals surface area contributed by atoms with E-state index in [0.29, 0.717) is 17.0 Å². The highest BCUT2D eigenvalue weighted by Crippen LogP contribution is 2.22. The van der Waals surface area contributed by atoms with Gasteiger partial charge in [-0.05, 0) is 60.7 Å². The van der Waals surface area contributed by atoms with Crippen LogP contribution in [0.5, 0.6) is 5.75 Å². The van der Waals surface area contributed by atoms with Crippen LogP contribution in [0.25, 0.3) is 0 Å². The van der Waals surface area contributed by atoms with E-state index in [4.69, 9.17) is 4.74 Å². The molecular weight excluding hydrogens is 391 g/mol. The molecule has 3 aromatic carbocycles. The van der Waals surface area contributed by atoms with Crippen molar-refractivity contribution < 1.29 is 18.7 Å². The lowest BCUT2D eigenvalue weighted by atomic mass is 10.2. The highest BCUT2D eigenvalue weighted by molar-refractivity contribution is 8.00.